The number of hydrogen-bond donors (Lipinski definition) is 0. The summed E-state index contributed by atoms with van der Waals surface area (Å²) >= 11 is 0. The summed E-state index contributed by atoms with van der Waals surface area (Å²) in [7, 11) is 0. The van der Waals surface area contributed by atoms with Crippen molar-refractivity contribution in [1.82, 2.24) is 0 Å². The Morgan fingerprint density at radius 3 is 0.750 bits per heavy atom. The molecule has 0 atom stereocenters. The molecule has 2 nitrogen and oxygen atoms in total. The molecule has 0 radical (unpaired) electrons. The molecule has 0 aromatic rings. The summed E-state index contributed by atoms with van der Waals surface area (Å²) in [5.41, 5.74) is 0. The van der Waals surface area contributed by atoms with E-state index in [0.717, 1.165) is 0 Å². The van der Waals surface area contributed by atoms with Gasteiger partial charge in [-0.05, 0) is 0 Å². The third kappa shape index (κ3) is 9.09. The van der Waals surface area contributed by atoms with Gasteiger partial charge in [-0.25, -0.2) is 0 Å². The van der Waals surface area contributed by atoms with Gasteiger partial charge in [0.25, 0.3) is 0 Å². The van der Waals surface area contributed by atoms with Crippen molar-refractivity contribution >= 4 is 37.7 Å². The predicted octanol–water partition coefficient (Wildman–Crippen LogP) is -2.57. The number of rotatable bonds is 0. The topological polar surface area (TPSA) is 63.0 Å². The molecule has 0 amide bonds. The fourth-order valence-corrected chi connectivity index (χ4v) is 0. The maximum Gasteiger partial charge on any atom is 0 e. The molecule has 4 heteroatoms. The Balaban J connectivity index is 0. The molecule has 0 aliphatic heterocycles. The molecule has 0 aliphatic carbocycles. The average Bonchev–Trinajstić information content (AvgIpc) is 0. The Kier molecular flexibility index (Phi) is 204. The molecule has 24 valence electrons. The summed E-state index contributed by atoms with van der Waals surface area (Å²) in [6.07, 6.45) is 0. The summed E-state index contributed by atoms with van der Waals surface area (Å²) in [4.78, 5) is 0. The Hall–Kier alpha value is 1.89. The van der Waals surface area contributed by atoms with Crippen molar-refractivity contribution in [3.05, 3.63) is 0 Å². The molecule has 0 aliphatic rings. The van der Waals surface area contributed by atoms with Gasteiger partial charge in [-0.1, -0.05) is 0 Å². The van der Waals surface area contributed by atoms with Gasteiger partial charge in [-0.15, -0.1) is 0 Å². The van der Waals surface area contributed by atoms with Crippen LogP contribution in [0, 0.1) is 0 Å². The normalized spacial score (nSPS) is 0. The molecule has 4 heavy (non-hydrogen) atoms. The zero-order chi connectivity index (χ0) is 0. The summed E-state index contributed by atoms with van der Waals surface area (Å²) < 4.78 is 0. The molecule has 0 saturated heterocycles. The van der Waals surface area contributed by atoms with Gasteiger partial charge >= 0.3 is 37.7 Å². The fraction of sp³-hybridized carbons (Fsp3) is 0. The first-order valence-corrected chi connectivity index (χ1v) is 0. The van der Waals surface area contributed by atoms with Crippen LogP contribution in [0.15, 0.2) is 0 Å². The maximum absolute atomic E-state index is 0. The average molecular weight is 126 g/mol. The minimum Gasteiger partial charge on any atom is 0 e. The molecule has 0 fully saturated rings. The first-order valence-electron chi connectivity index (χ1n) is 0. The van der Waals surface area contributed by atoms with Crippen LogP contribution in [0.2, 0.25) is 0 Å². The van der Waals surface area contributed by atoms with Crippen molar-refractivity contribution in [1.29, 1.82) is 0 Å². The van der Waals surface area contributed by atoms with E-state index in [4.69, 9.17) is 0 Å². The minimum atomic E-state index is 0. The van der Waals surface area contributed by atoms with E-state index in [2.05, 4.69) is 0 Å². The molecule has 0 aromatic heterocycles. The van der Waals surface area contributed by atoms with Crippen LogP contribution >= 0.6 is 0 Å². The smallest absolute Gasteiger partial charge is 0 e. The molecule has 0 saturated carbocycles. The second-order valence-electron chi connectivity index (χ2n) is 0. The van der Waals surface area contributed by atoms with E-state index in [9.17, 15) is 0 Å². The van der Waals surface area contributed by atoms with Crippen LogP contribution < -0.4 is 0 Å². The van der Waals surface area contributed by atoms with Gasteiger partial charge in [0, 0.05) is 21.7 Å². The van der Waals surface area contributed by atoms with Gasteiger partial charge in [0.2, 0.25) is 0 Å². The molecule has 0 spiro atoms. The van der Waals surface area contributed by atoms with Crippen molar-refractivity contribution in [2.45, 2.75) is 0 Å². The van der Waals surface area contributed by atoms with Crippen LogP contribution in [-0.2, 0) is 21.7 Å². The Bertz CT molecular complexity index is 6.00. The monoisotopic (exact) mass is 126 g/mol. The standard InChI is InChI=1S/Ca.2H2O.Ti.2H/h;2*1H2;;;. The molecule has 4 N–H and O–H groups in total. The van der Waals surface area contributed by atoms with Crippen LogP contribution in [0.1, 0.15) is 0 Å². The largest absolute Gasteiger partial charge is 0 e. The van der Waals surface area contributed by atoms with E-state index in [1.807, 2.05) is 0 Å². The van der Waals surface area contributed by atoms with Crippen LogP contribution in [0.3, 0.4) is 0 Å². The SMILES string of the molecule is O.O.[CaH2].[Ti]. The molecule has 0 rings (SSSR count). The summed E-state index contributed by atoms with van der Waals surface area (Å²) in [6.45, 7) is 0. The molecule has 0 unspecified atom stereocenters. The molecule has 0 aromatic carbocycles. The third-order valence-corrected chi connectivity index (χ3v) is 0. The van der Waals surface area contributed by atoms with Crippen molar-refractivity contribution in [2.24, 2.45) is 0 Å². The zero-order valence-electron chi connectivity index (χ0n) is 1.50. The molecular weight excluding hydrogens is 120 g/mol. The van der Waals surface area contributed by atoms with E-state index in [-0.39, 0.29) is 70.4 Å². The molecule has 0 bridgehead atoms. The first kappa shape index (κ1) is 39.4. The van der Waals surface area contributed by atoms with Crippen LogP contribution in [0.25, 0.3) is 0 Å². The summed E-state index contributed by atoms with van der Waals surface area (Å²) in [6, 6.07) is 0. The van der Waals surface area contributed by atoms with Crippen LogP contribution in [0.5, 0.6) is 0 Å². The van der Waals surface area contributed by atoms with E-state index in [0.29, 0.717) is 0 Å². The van der Waals surface area contributed by atoms with Gasteiger partial charge in [-0.3, -0.25) is 0 Å². The first-order chi connectivity index (χ1) is 0. The van der Waals surface area contributed by atoms with E-state index in [1.165, 1.54) is 0 Å². The number of hydrogen-bond acceptors (Lipinski definition) is 0. The van der Waals surface area contributed by atoms with Crippen molar-refractivity contribution in [3.8, 4) is 0 Å². The summed E-state index contributed by atoms with van der Waals surface area (Å²) in [5.74, 6) is 0. The second kappa shape index (κ2) is 20.7. The van der Waals surface area contributed by atoms with E-state index < -0.39 is 0 Å². The van der Waals surface area contributed by atoms with Crippen LogP contribution in [0.4, 0.5) is 0 Å². The Labute approximate surface area is 69.5 Å². The van der Waals surface area contributed by atoms with Crippen LogP contribution in [-0.4, -0.2) is 48.7 Å². The molecule has 0 heterocycles. The van der Waals surface area contributed by atoms with Gasteiger partial charge in [0.05, 0.1) is 0 Å². The minimum absolute atomic E-state index is 0. The van der Waals surface area contributed by atoms with Gasteiger partial charge in [0.15, 0.2) is 0 Å². The van der Waals surface area contributed by atoms with E-state index in [1.54, 1.807) is 0 Å². The third-order valence-electron chi connectivity index (χ3n) is 0. The Morgan fingerprint density at radius 1 is 0.750 bits per heavy atom. The van der Waals surface area contributed by atoms with E-state index >= 15 is 0 Å². The fourth-order valence-electron chi connectivity index (χ4n) is 0. The van der Waals surface area contributed by atoms with Gasteiger partial charge in [-0.2, -0.15) is 0 Å². The summed E-state index contributed by atoms with van der Waals surface area (Å²) in [5, 5.41) is 0. The quantitative estimate of drug-likeness (QED) is 0.320. The van der Waals surface area contributed by atoms with Gasteiger partial charge in [0.1, 0.15) is 0 Å². The van der Waals surface area contributed by atoms with Crippen molar-refractivity contribution in [2.75, 3.05) is 0 Å². The van der Waals surface area contributed by atoms with Crippen molar-refractivity contribution < 1.29 is 32.7 Å². The second-order valence-corrected chi connectivity index (χ2v) is 0. The maximum atomic E-state index is 0. The van der Waals surface area contributed by atoms with Gasteiger partial charge < -0.3 is 11.0 Å². The predicted molar refractivity (Wildman–Crippen MR) is 15.8 cm³/mol. The zero-order valence-corrected chi connectivity index (χ0v) is 3.06. The van der Waals surface area contributed by atoms with Crippen molar-refractivity contribution in [3.63, 3.8) is 0 Å². The molecular formula is H6CaO2Ti. The Morgan fingerprint density at radius 2 is 0.750 bits per heavy atom.